The average molecular weight is 339 g/mol. The van der Waals surface area contributed by atoms with Gasteiger partial charge in [0.05, 0.1) is 19.5 Å². The molecule has 3 aromatic rings. The Morgan fingerprint density at radius 3 is 3.00 bits per heavy atom. The molecule has 2 aromatic heterocycles. The number of hydrogen-bond donors (Lipinski definition) is 1. The summed E-state index contributed by atoms with van der Waals surface area (Å²) in [6, 6.07) is 5.50. The molecule has 0 aliphatic rings. The Morgan fingerprint density at radius 2 is 2.20 bits per heavy atom. The number of anilines is 1. The fourth-order valence-corrected chi connectivity index (χ4v) is 2.27. The van der Waals surface area contributed by atoms with Crippen molar-refractivity contribution in [1.29, 1.82) is 0 Å². The number of allylic oxidation sites excluding steroid dienone is 1. The van der Waals surface area contributed by atoms with Crippen LogP contribution in [0.1, 0.15) is 12.5 Å². The number of methoxy groups -OCH3 is 1. The monoisotopic (exact) mass is 339 g/mol. The molecular formula is C17H17N5O3. The zero-order valence-corrected chi connectivity index (χ0v) is 13.8. The lowest BCUT2D eigenvalue weighted by Gasteiger charge is -2.12. The standard InChI is InChI=1S/C17H17N5O3/c1-3-4-12-5-6-13(14(7-12)24-2)25-10-17(23)20-15-8-18-9-16-21-19-11-22(15)16/h3-9,11H,10H2,1-2H3,(H,20,23)/b4-3+. The second-order valence-electron chi connectivity index (χ2n) is 5.10. The molecule has 2 heterocycles. The summed E-state index contributed by atoms with van der Waals surface area (Å²) in [7, 11) is 1.56. The van der Waals surface area contributed by atoms with Crippen LogP contribution in [-0.2, 0) is 4.79 Å². The summed E-state index contributed by atoms with van der Waals surface area (Å²) >= 11 is 0. The van der Waals surface area contributed by atoms with Crippen molar-refractivity contribution in [3.63, 3.8) is 0 Å². The van der Waals surface area contributed by atoms with Gasteiger partial charge in [0, 0.05) is 0 Å². The van der Waals surface area contributed by atoms with Crippen LogP contribution < -0.4 is 14.8 Å². The number of aromatic nitrogens is 4. The smallest absolute Gasteiger partial charge is 0.263 e. The fourth-order valence-electron chi connectivity index (χ4n) is 2.27. The fraction of sp³-hybridized carbons (Fsp3) is 0.176. The number of rotatable bonds is 6. The SMILES string of the molecule is C/C=C/c1ccc(OCC(=O)Nc2cncc3nncn23)c(OC)c1. The number of hydrogen-bond acceptors (Lipinski definition) is 6. The zero-order chi connectivity index (χ0) is 17.6. The molecule has 0 saturated heterocycles. The number of ether oxygens (including phenoxy) is 2. The molecule has 8 nitrogen and oxygen atoms in total. The number of nitrogens with zero attached hydrogens (tertiary/aromatic N) is 4. The number of benzene rings is 1. The van der Waals surface area contributed by atoms with E-state index < -0.39 is 0 Å². The quantitative estimate of drug-likeness (QED) is 0.740. The van der Waals surface area contributed by atoms with Crippen molar-refractivity contribution in [3.05, 3.63) is 48.6 Å². The van der Waals surface area contributed by atoms with E-state index in [9.17, 15) is 4.79 Å². The summed E-state index contributed by atoms with van der Waals surface area (Å²) in [6.45, 7) is 1.77. The van der Waals surface area contributed by atoms with Gasteiger partial charge in [-0.25, -0.2) is 0 Å². The molecule has 25 heavy (non-hydrogen) atoms. The van der Waals surface area contributed by atoms with Gasteiger partial charge >= 0.3 is 0 Å². The predicted molar refractivity (Wildman–Crippen MR) is 92.6 cm³/mol. The Kier molecular flexibility index (Phi) is 4.89. The van der Waals surface area contributed by atoms with E-state index in [0.29, 0.717) is 23.0 Å². The Hall–Kier alpha value is -3.42. The highest BCUT2D eigenvalue weighted by atomic mass is 16.5. The molecule has 0 aliphatic heterocycles. The molecule has 0 atom stereocenters. The number of amides is 1. The maximum Gasteiger partial charge on any atom is 0.263 e. The highest BCUT2D eigenvalue weighted by Gasteiger charge is 2.10. The Bertz CT molecular complexity index is 920. The molecule has 1 amide bonds. The summed E-state index contributed by atoms with van der Waals surface area (Å²) in [6.07, 6.45) is 8.45. The van der Waals surface area contributed by atoms with Gasteiger partial charge in [0.15, 0.2) is 23.8 Å². The maximum atomic E-state index is 12.2. The van der Waals surface area contributed by atoms with E-state index in [0.717, 1.165) is 5.56 Å². The van der Waals surface area contributed by atoms with Crippen LogP contribution >= 0.6 is 0 Å². The van der Waals surface area contributed by atoms with Crippen LogP contribution in [0.3, 0.4) is 0 Å². The Labute approximate surface area is 144 Å². The van der Waals surface area contributed by atoms with Gasteiger partial charge in [0.2, 0.25) is 0 Å². The van der Waals surface area contributed by atoms with E-state index in [-0.39, 0.29) is 12.5 Å². The number of nitrogens with one attached hydrogen (secondary N) is 1. The molecule has 0 aliphatic carbocycles. The van der Waals surface area contributed by atoms with E-state index in [1.807, 2.05) is 31.2 Å². The molecule has 0 spiro atoms. The topological polar surface area (TPSA) is 90.6 Å². The third-order valence-corrected chi connectivity index (χ3v) is 3.39. The molecule has 0 radical (unpaired) electrons. The van der Waals surface area contributed by atoms with Crippen LogP contribution in [0.4, 0.5) is 5.82 Å². The minimum Gasteiger partial charge on any atom is -0.493 e. The first-order valence-electron chi connectivity index (χ1n) is 7.58. The lowest BCUT2D eigenvalue weighted by molar-refractivity contribution is -0.118. The lowest BCUT2D eigenvalue weighted by atomic mass is 10.2. The molecule has 1 N–H and O–H groups in total. The van der Waals surface area contributed by atoms with E-state index in [4.69, 9.17) is 9.47 Å². The minimum atomic E-state index is -0.331. The van der Waals surface area contributed by atoms with E-state index in [1.54, 1.807) is 23.8 Å². The molecule has 0 saturated carbocycles. The number of fused-ring (bicyclic) bond motifs is 1. The van der Waals surface area contributed by atoms with E-state index in [2.05, 4.69) is 20.5 Å². The van der Waals surface area contributed by atoms with Crippen molar-refractivity contribution in [2.24, 2.45) is 0 Å². The Morgan fingerprint density at radius 1 is 1.32 bits per heavy atom. The zero-order valence-electron chi connectivity index (χ0n) is 13.8. The molecule has 0 bridgehead atoms. The highest BCUT2D eigenvalue weighted by Crippen LogP contribution is 2.28. The third-order valence-electron chi connectivity index (χ3n) is 3.39. The van der Waals surface area contributed by atoms with E-state index >= 15 is 0 Å². The molecule has 8 heteroatoms. The number of carbonyl (C=O) groups excluding carboxylic acids is 1. The first-order chi connectivity index (χ1) is 12.2. The van der Waals surface area contributed by atoms with E-state index in [1.165, 1.54) is 12.5 Å². The summed E-state index contributed by atoms with van der Waals surface area (Å²) in [4.78, 5) is 16.2. The molecule has 3 rings (SSSR count). The second-order valence-corrected chi connectivity index (χ2v) is 5.10. The van der Waals surface area contributed by atoms with Crippen LogP contribution in [0.25, 0.3) is 11.7 Å². The van der Waals surface area contributed by atoms with Crippen LogP contribution in [-0.4, -0.2) is 39.2 Å². The van der Waals surface area contributed by atoms with Crippen LogP contribution in [0, 0.1) is 0 Å². The summed E-state index contributed by atoms with van der Waals surface area (Å²) in [5.41, 5.74) is 1.53. The van der Waals surface area contributed by atoms with Crippen molar-refractivity contribution in [1.82, 2.24) is 19.6 Å². The first-order valence-corrected chi connectivity index (χ1v) is 7.58. The lowest BCUT2D eigenvalue weighted by Crippen LogP contribution is -2.21. The Balaban J connectivity index is 1.67. The normalized spacial score (nSPS) is 11.0. The first kappa shape index (κ1) is 16.4. The highest BCUT2D eigenvalue weighted by molar-refractivity contribution is 5.91. The van der Waals surface area contributed by atoms with Crippen LogP contribution in [0.15, 0.2) is 43.0 Å². The van der Waals surface area contributed by atoms with Gasteiger partial charge in [0.1, 0.15) is 12.1 Å². The van der Waals surface area contributed by atoms with Crippen molar-refractivity contribution in [3.8, 4) is 11.5 Å². The molecular weight excluding hydrogens is 322 g/mol. The van der Waals surface area contributed by atoms with Gasteiger partial charge in [-0.2, -0.15) is 0 Å². The van der Waals surface area contributed by atoms with Crippen molar-refractivity contribution in [2.45, 2.75) is 6.92 Å². The van der Waals surface area contributed by atoms with Gasteiger partial charge < -0.3 is 14.8 Å². The summed E-state index contributed by atoms with van der Waals surface area (Å²) in [5.74, 6) is 1.19. The van der Waals surface area contributed by atoms with Gasteiger partial charge in [-0.1, -0.05) is 18.2 Å². The molecule has 1 aromatic carbocycles. The third kappa shape index (κ3) is 3.74. The van der Waals surface area contributed by atoms with Crippen molar-refractivity contribution < 1.29 is 14.3 Å². The number of carbonyl (C=O) groups is 1. The van der Waals surface area contributed by atoms with Crippen LogP contribution in [0.2, 0.25) is 0 Å². The van der Waals surface area contributed by atoms with Gasteiger partial charge in [-0.05, 0) is 24.6 Å². The second kappa shape index (κ2) is 7.43. The molecule has 0 unspecified atom stereocenters. The van der Waals surface area contributed by atoms with Crippen molar-refractivity contribution in [2.75, 3.05) is 19.0 Å². The average Bonchev–Trinajstić information content (AvgIpc) is 3.10. The largest absolute Gasteiger partial charge is 0.493 e. The predicted octanol–water partition coefficient (Wildman–Crippen LogP) is 2.18. The molecule has 0 fully saturated rings. The van der Waals surface area contributed by atoms with Crippen molar-refractivity contribution >= 4 is 23.4 Å². The summed E-state index contributed by atoms with van der Waals surface area (Å²) in [5, 5.41) is 10.4. The summed E-state index contributed by atoms with van der Waals surface area (Å²) < 4.78 is 12.5. The van der Waals surface area contributed by atoms with Gasteiger partial charge in [0.25, 0.3) is 5.91 Å². The van der Waals surface area contributed by atoms with Gasteiger partial charge in [-0.15, -0.1) is 10.2 Å². The van der Waals surface area contributed by atoms with Crippen LogP contribution in [0.5, 0.6) is 11.5 Å². The minimum absolute atomic E-state index is 0.169. The van der Waals surface area contributed by atoms with Gasteiger partial charge in [-0.3, -0.25) is 14.2 Å². The maximum absolute atomic E-state index is 12.2. The molecule has 128 valence electrons.